The summed E-state index contributed by atoms with van der Waals surface area (Å²) in [6, 6.07) is 4.87. The number of imidazole rings is 1. The van der Waals surface area contributed by atoms with E-state index in [1.807, 2.05) is 27.7 Å². The number of carbonyl (C=O) groups excluding carboxylic acids is 1. The van der Waals surface area contributed by atoms with Crippen LogP contribution in [0.4, 0.5) is 0 Å². The molecule has 204 valence electrons. The SMILES string of the molecule is COc1ccc2c(c1)nc([S@](=O)Cc1ncc(C)c(OC)c1C)n2S(=O)(=O)C[C@]12CC[C@@H](CC1=O)C2(C)C. The summed E-state index contributed by atoms with van der Waals surface area (Å²) in [5, 5.41) is -0.0943. The zero-order chi connectivity index (χ0) is 27.6. The number of carbonyl (C=O) groups is 1. The molecule has 0 N–H and O–H groups in total. The number of Topliss-reactive ketones (excluding diaryl/α,β-unsaturated/α-hetero) is 1. The fraction of sp³-hybridized carbons (Fsp3) is 0.519. The third-order valence-electron chi connectivity index (χ3n) is 8.86. The summed E-state index contributed by atoms with van der Waals surface area (Å²) in [5.41, 5.74) is 1.36. The first-order valence-corrected chi connectivity index (χ1v) is 15.5. The van der Waals surface area contributed by atoms with Gasteiger partial charge in [0, 0.05) is 29.8 Å². The number of aryl methyl sites for hydroxylation is 1. The van der Waals surface area contributed by atoms with Crippen molar-refractivity contribution in [3.05, 3.63) is 41.2 Å². The normalized spacial score (nSPS) is 23.2. The van der Waals surface area contributed by atoms with Crippen molar-refractivity contribution in [2.24, 2.45) is 16.7 Å². The Bertz CT molecular complexity index is 1590. The molecule has 2 heterocycles. The minimum absolute atomic E-state index is 0.00247. The average molecular weight is 560 g/mol. The number of rotatable bonds is 8. The summed E-state index contributed by atoms with van der Waals surface area (Å²) in [6.07, 6.45) is 3.42. The predicted octanol–water partition coefficient (Wildman–Crippen LogP) is 3.95. The van der Waals surface area contributed by atoms with E-state index in [1.165, 1.54) is 7.11 Å². The number of ether oxygens (including phenoxy) is 2. The van der Waals surface area contributed by atoms with Gasteiger partial charge < -0.3 is 9.47 Å². The van der Waals surface area contributed by atoms with Crippen LogP contribution < -0.4 is 9.47 Å². The molecule has 0 spiro atoms. The number of methoxy groups -OCH3 is 2. The molecule has 2 fully saturated rings. The predicted molar refractivity (Wildman–Crippen MR) is 144 cm³/mol. The van der Waals surface area contributed by atoms with Crippen molar-refractivity contribution in [3.63, 3.8) is 0 Å². The second-order valence-corrected chi connectivity index (χ2v) is 14.1. The molecule has 3 atom stereocenters. The molecule has 0 unspecified atom stereocenters. The first kappa shape index (κ1) is 26.8. The van der Waals surface area contributed by atoms with E-state index in [4.69, 9.17) is 9.47 Å². The second-order valence-electron chi connectivity index (χ2n) is 11.0. The summed E-state index contributed by atoms with van der Waals surface area (Å²) in [7, 11) is -2.93. The van der Waals surface area contributed by atoms with Crippen molar-refractivity contribution in [1.29, 1.82) is 0 Å². The number of fused-ring (bicyclic) bond motifs is 3. The van der Waals surface area contributed by atoms with Crippen molar-refractivity contribution in [2.45, 2.75) is 57.9 Å². The van der Waals surface area contributed by atoms with Crippen LogP contribution in [0.1, 0.15) is 49.9 Å². The highest BCUT2D eigenvalue weighted by atomic mass is 32.2. The Labute approximate surface area is 225 Å². The number of aromatic nitrogens is 3. The summed E-state index contributed by atoms with van der Waals surface area (Å²) >= 11 is 0. The molecule has 2 aliphatic rings. The summed E-state index contributed by atoms with van der Waals surface area (Å²) in [6.45, 7) is 7.71. The molecule has 3 aromatic rings. The average Bonchev–Trinajstić information content (AvgIpc) is 3.42. The van der Waals surface area contributed by atoms with E-state index in [-0.39, 0.29) is 28.4 Å². The number of ketones is 1. The van der Waals surface area contributed by atoms with Gasteiger partial charge in [-0.3, -0.25) is 14.0 Å². The lowest BCUT2D eigenvalue weighted by molar-refractivity contribution is -0.128. The van der Waals surface area contributed by atoms with Gasteiger partial charge in [-0.2, -0.15) is 0 Å². The highest BCUT2D eigenvalue weighted by molar-refractivity contribution is 7.91. The number of nitrogens with zero attached hydrogens (tertiary/aromatic N) is 3. The van der Waals surface area contributed by atoms with Crippen molar-refractivity contribution >= 4 is 37.6 Å². The van der Waals surface area contributed by atoms with Crippen LogP contribution in [0.15, 0.2) is 29.6 Å². The van der Waals surface area contributed by atoms with Gasteiger partial charge in [0.2, 0.25) is 15.2 Å². The van der Waals surface area contributed by atoms with E-state index in [9.17, 15) is 17.4 Å². The van der Waals surface area contributed by atoms with Crippen LogP contribution in [0, 0.1) is 30.6 Å². The Balaban J connectivity index is 1.62. The fourth-order valence-corrected chi connectivity index (χ4v) is 10.3. The van der Waals surface area contributed by atoms with Crippen molar-refractivity contribution in [1.82, 2.24) is 13.9 Å². The minimum atomic E-state index is -4.14. The molecule has 5 rings (SSSR count). The van der Waals surface area contributed by atoms with Crippen molar-refractivity contribution in [3.8, 4) is 11.5 Å². The van der Waals surface area contributed by atoms with Gasteiger partial charge in [0.15, 0.2) is 0 Å². The lowest BCUT2D eigenvalue weighted by atomic mass is 9.70. The highest BCUT2D eigenvalue weighted by Gasteiger charge is 2.65. The lowest BCUT2D eigenvalue weighted by Gasteiger charge is -2.36. The van der Waals surface area contributed by atoms with Gasteiger partial charge in [-0.1, -0.05) is 13.8 Å². The highest BCUT2D eigenvalue weighted by Crippen LogP contribution is 2.64. The molecule has 0 aliphatic heterocycles. The van der Waals surface area contributed by atoms with Gasteiger partial charge in [0.25, 0.3) is 0 Å². The molecule has 9 nitrogen and oxygen atoms in total. The van der Waals surface area contributed by atoms with Crippen LogP contribution in [0.5, 0.6) is 11.5 Å². The monoisotopic (exact) mass is 559 g/mol. The van der Waals surface area contributed by atoms with E-state index in [0.717, 1.165) is 21.5 Å². The topological polar surface area (TPSA) is 117 Å². The molecule has 2 saturated carbocycles. The van der Waals surface area contributed by atoms with E-state index >= 15 is 0 Å². The summed E-state index contributed by atoms with van der Waals surface area (Å²) < 4.78 is 54.1. The van der Waals surface area contributed by atoms with E-state index < -0.39 is 31.7 Å². The number of pyridine rings is 1. The number of benzene rings is 1. The van der Waals surface area contributed by atoms with Crippen LogP contribution in [0.25, 0.3) is 11.0 Å². The number of hydrogen-bond donors (Lipinski definition) is 0. The Hall–Kier alpha value is -2.79. The molecule has 38 heavy (non-hydrogen) atoms. The Kier molecular flexibility index (Phi) is 6.45. The molecule has 0 radical (unpaired) electrons. The van der Waals surface area contributed by atoms with Crippen LogP contribution in [-0.2, 0) is 31.4 Å². The van der Waals surface area contributed by atoms with Crippen LogP contribution in [0.3, 0.4) is 0 Å². The van der Waals surface area contributed by atoms with Crippen LogP contribution in [0.2, 0.25) is 0 Å². The third-order valence-corrected chi connectivity index (χ3v) is 12.0. The molecule has 1 aromatic carbocycles. The fourth-order valence-electron chi connectivity index (χ4n) is 6.44. The van der Waals surface area contributed by atoms with E-state index in [1.54, 1.807) is 31.5 Å². The first-order chi connectivity index (χ1) is 17.9. The van der Waals surface area contributed by atoms with E-state index in [0.29, 0.717) is 41.1 Å². The largest absolute Gasteiger partial charge is 0.497 e. The third kappa shape index (κ3) is 3.88. The summed E-state index contributed by atoms with van der Waals surface area (Å²) in [5.74, 6) is 0.933. The maximum Gasteiger partial charge on any atom is 0.242 e. The standard InChI is InChI=1S/C27H33N3O6S2/c1-16-13-28-21(17(2)24(16)36-6)14-37(32)25-29-20-12-19(35-5)7-8-22(20)30(25)38(33,34)15-27-10-9-18(11-23(27)31)26(27,3)4/h7-8,12-13,18H,9-11,14-15H2,1-6H3/t18-,27+,37+/m0/s1. The second kappa shape index (κ2) is 9.15. The maximum atomic E-state index is 14.2. The van der Waals surface area contributed by atoms with Crippen molar-refractivity contribution in [2.75, 3.05) is 20.0 Å². The first-order valence-electron chi connectivity index (χ1n) is 12.6. The maximum absolute atomic E-state index is 14.2. The van der Waals surface area contributed by atoms with Crippen molar-refractivity contribution < 1.29 is 26.9 Å². The summed E-state index contributed by atoms with van der Waals surface area (Å²) in [4.78, 5) is 22.1. The number of hydrogen-bond acceptors (Lipinski definition) is 8. The van der Waals surface area contributed by atoms with Crippen LogP contribution in [-0.4, -0.2) is 52.3 Å². The molecular formula is C27H33N3O6S2. The molecular weight excluding hydrogens is 526 g/mol. The van der Waals surface area contributed by atoms with Gasteiger partial charge in [-0.15, -0.1) is 0 Å². The molecule has 0 saturated heterocycles. The van der Waals surface area contributed by atoms with E-state index in [2.05, 4.69) is 9.97 Å². The van der Waals surface area contributed by atoms with Gasteiger partial charge in [-0.05, 0) is 50.2 Å². The molecule has 2 aromatic heterocycles. The van der Waals surface area contributed by atoms with Crippen LogP contribution >= 0.6 is 0 Å². The van der Waals surface area contributed by atoms with Gasteiger partial charge >= 0.3 is 0 Å². The lowest BCUT2D eigenvalue weighted by Crippen LogP contribution is -2.43. The Morgan fingerprint density at radius 3 is 2.53 bits per heavy atom. The molecule has 11 heteroatoms. The van der Waals surface area contributed by atoms with Gasteiger partial charge in [0.05, 0.1) is 58.7 Å². The zero-order valence-electron chi connectivity index (χ0n) is 22.5. The quantitative estimate of drug-likeness (QED) is 0.407. The molecule has 0 amide bonds. The minimum Gasteiger partial charge on any atom is -0.497 e. The van der Waals surface area contributed by atoms with Gasteiger partial charge in [-0.25, -0.2) is 17.4 Å². The Morgan fingerprint density at radius 1 is 1.18 bits per heavy atom. The molecule has 2 aliphatic carbocycles. The zero-order valence-corrected chi connectivity index (χ0v) is 24.2. The molecule has 2 bridgehead atoms. The van der Waals surface area contributed by atoms with Gasteiger partial charge in [0.1, 0.15) is 17.3 Å². The smallest absolute Gasteiger partial charge is 0.242 e. The Morgan fingerprint density at radius 2 is 1.92 bits per heavy atom.